The number of hydrogen-bond donors (Lipinski definition) is 0. The molecule has 14 heavy (non-hydrogen) atoms. The van der Waals surface area contributed by atoms with Crippen molar-refractivity contribution in [3.63, 3.8) is 0 Å². The van der Waals surface area contributed by atoms with E-state index in [-0.39, 0.29) is 0 Å². The van der Waals surface area contributed by atoms with Crippen molar-refractivity contribution in [3.8, 4) is 0 Å². The van der Waals surface area contributed by atoms with Crippen molar-refractivity contribution in [3.05, 3.63) is 0 Å². The molecular formula is C12H22OS. The molecule has 0 N–H and O–H groups in total. The normalized spacial score (nSPS) is 18.4. The van der Waals surface area contributed by atoms with Gasteiger partial charge in [0.1, 0.15) is 5.78 Å². The zero-order valence-electron chi connectivity index (χ0n) is 9.26. The van der Waals surface area contributed by atoms with E-state index in [1.807, 2.05) is 0 Å². The summed E-state index contributed by atoms with van der Waals surface area (Å²) >= 11 is 1.77. The Bertz CT molecular complexity index is 162. The van der Waals surface area contributed by atoms with Crippen molar-refractivity contribution >= 4 is 17.5 Å². The van der Waals surface area contributed by atoms with E-state index < -0.39 is 0 Å². The van der Waals surface area contributed by atoms with Crippen LogP contribution in [-0.2, 0) is 4.79 Å². The maximum Gasteiger partial charge on any atom is 0.133 e. The molecular weight excluding hydrogens is 192 g/mol. The van der Waals surface area contributed by atoms with Gasteiger partial charge in [-0.15, -0.1) is 0 Å². The highest BCUT2D eigenvalue weighted by Gasteiger charge is 2.14. The van der Waals surface area contributed by atoms with Crippen LogP contribution in [0.3, 0.4) is 0 Å². The zero-order valence-corrected chi connectivity index (χ0v) is 10.1. The fourth-order valence-corrected chi connectivity index (χ4v) is 2.61. The lowest BCUT2D eigenvalue weighted by atomic mass is 9.85. The van der Waals surface area contributed by atoms with Gasteiger partial charge in [-0.2, -0.15) is 11.8 Å². The van der Waals surface area contributed by atoms with Gasteiger partial charge in [-0.3, -0.25) is 4.79 Å². The van der Waals surface area contributed by atoms with Crippen LogP contribution in [0.2, 0.25) is 0 Å². The molecule has 0 unspecified atom stereocenters. The van der Waals surface area contributed by atoms with Crippen molar-refractivity contribution in [1.82, 2.24) is 0 Å². The summed E-state index contributed by atoms with van der Waals surface area (Å²) in [5.41, 5.74) is 0. The van der Waals surface area contributed by atoms with Crippen LogP contribution in [0, 0.1) is 5.92 Å². The summed E-state index contributed by atoms with van der Waals surface area (Å²) < 4.78 is 0. The van der Waals surface area contributed by atoms with E-state index in [4.69, 9.17) is 0 Å². The highest BCUT2D eigenvalue weighted by molar-refractivity contribution is 7.98. The van der Waals surface area contributed by atoms with E-state index in [0.717, 1.165) is 30.9 Å². The molecule has 0 bridgehead atoms. The molecule has 1 fully saturated rings. The van der Waals surface area contributed by atoms with Crippen LogP contribution in [0.1, 0.15) is 51.4 Å². The van der Waals surface area contributed by atoms with Crippen molar-refractivity contribution < 1.29 is 4.79 Å². The number of thioether (sulfide) groups is 1. The number of carbonyl (C=O) groups excluding carboxylic acids is 1. The number of carbonyl (C=O) groups is 1. The van der Waals surface area contributed by atoms with Crippen LogP contribution in [0.5, 0.6) is 0 Å². The molecule has 0 aromatic heterocycles. The summed E-state index contributed by atoms with van der Waals surface area (Å²) in [6.07, 6.45) is 11.8. The molecule has 1 saturated carbocycles. The Morgan fingerprint density at radius 1 is 1.21 bits per heavy atom. The van der Waals surface area contributed by atoms with Gasteiger partial charge in [-0.1, -0.05) is 32.1 Å². The summed E-state index contributed by atoms with van der Waals surface area (Å²) in [7, 11) is 0. The second-order valence-electron chi connectivity index (χ2n) is 4.32. The lowest BCUT2D eigenvalue weighted by Crippen LogP contribution is -2.09. The van der Waals surface area contributed by atoms with Crippen LogP contribution in [0.25, 0.3) is 0 Å². The maximum atomic E-state index is 11.4. The van der Waals surface area contributed by atoms with Crippen molar-refractivity contribution in [2.24, 2.45) is 5.92 Å². The van der Waals surface area contributed by atoms with E-state index in [1.54, 1.807) is 11.8 Å². The van der Waals surface area contributed by atoms with E-state index in [1.165, 1.54) is 32.1 Å². The molecule has 0 amide bonds. The van der Waals surface area contributed by atoms with Gasteiger partial charge in [0.25, 0.3) is 0 Å². The van der Waals surface area contributed by atoms with Crippen LogP contribution >= 0.6 is 11.8 Å². The van der Waals surface area contributed by atoms with E-state index in [9.17, 15) is 4.79 Å². The lowest BCUT2D eigenvalue weighted by molar-refractivity contribution is -0.119. The second-order valence-corrected chi connectivity index (χ2v) is 5.31. The highest BCUT2D eigenvalue weighted by Crippen LogP contribution is 2.27. The quantitative estimate of drug-likeness (QED) is 0.671. The molecule has 0 aromatic carbocycles. The molecule has 2 heteroatoms. The molecule has 0 aliphatic heterocycles. The monoisotopic (exact) mass is 214 g/mol. The number of Topliss-reactive ketones (excluding diaryl/α,β-unsaturated/α-hetero) is 1. The minimum Gasteiger partial charge on any atom is -0.300 e. The molecule has 0 radical (unpaired) electrons. The maximum absolute atomic E-state index is 11.4. The molecule has 1 nitrogen and oxygen atoms in total. The smallest absolute Gasteiger partial charge is 0.133 e. The molecule has 0 heterocycles. The van der Waals surface area contributed by atoms with Gasteiger partial charge in [0.15, 0.2) is 0 Å². The van der Waals surface area contributed by atoms with E-state index in [0.29, 0.717) is 5.78 Å². The summed E-state index contributed by atoms with van der Waals surface area (Å²) in [6.45, 7) is 0. The molecule has 0 atom stereocenters. The van der Waals surface area contributed by atoms with Gasteiger partial charge in [0, 0.05) is 12.8 Å². The van der Waals surface area contributed by atoms with Gasteiger partial charge in [0.05, 0.1) is 0 Å². The number of ketones is 1. The molecule has 82 valence electrons. The second kappa shape index (κ2) is 7.33. The van der Waals surface area contributed by atoms with Gasteiger partial charge < -0.3 is 0 Å². The predicted molar refractivity (Wildman–Crippen MR) is 63.8 cm³/mol. The Labute approximate surface area is 92.0 Å². The van der Waals surface area contributed by atoms with Crippen LogP contribution in [-0.4, -0.2) is 17.8 Å². The summed E-state index contributed by atoms with van der Waals surface area (Å²) in [4.78, 5) is 11.4. The van der Waals surface area contributed by atoms with Crippen LogP contribution in [0.4, 0.5) is 0 Å². The standard InChI is InChI=1S/C12H22OS/c1-14-10-9-12(13)8-7-11-5-3-2-4-6-11/h11H,2-10H2,1H3. The third-order valence-electron chi connectivity index (χ3n) is 3.14. The fraction of sp³-hybridized carbons (Fsp3) is 0.917. The molecule has 1 rings (SSSR count). The Morgan fingerprint density at radius 3 is 2.57 bits per heavy atom. The Hall–Kier alpha value is 0.0200. The third-order valence-corrected chi connectivity index (χ3v) is 3.75. The molecule has 0 aromatic rings. The number of rotatable bonds is 6. The van der Waals surface area contributed by atoms with Crippen LogP contribution in [0.15, 0.2) is 0 Å². The third kappa shape index (κ3) is 5.04. The first-order chi connectivity index (χ1) is 6.83. The zero-order chi connectivity index (χ0) is 10.2. The summed E-state index contributed by atoms with van der Waals surface area (Å²) in [6, 6.07) is 0. The molecule has 0 saturated heterocycles. The summed E-state index contributed by atoms with van der Waals surface area (Å²) in [5, 5.41) is 0. The van der Waals surface area contributed by atoms with Crippen molar-refractivity contribution in [2.75, 3.05) is 12.0 Å². The Kier molecular flexibility index (Phi) is 6.33. The Morgan fingerprint density at radius 2 is 1.93 bits per heavy atom. The van der Waals surface area contributed by atoms with Gasteiger partial charge >= 0.3 is 0 Å². The average Bonchev–Trinajstić information content (AvgIpc) is 2.25. The highest BCUT2D eigenvalue weighted by atomic mass is 32.2. The Balaban J connectivity index is 2.03. The minimum absolute atomic E-state index is 0.477. The fourth-order valence-electron chi connectivity index (χ4n) is 2.18. The molecule has 0 spiro atoms. The van der Waals surface area contributed by atoms with Crippen molar-refractivity contribution in [1.29, 1.82) is 0 Å². The van der Waals surface area contributed by atoms with Gasteiger partial charge in [0.2, 0.25) is 0 Å². The minimum atomic E-state index is 0.477. The lowest BCUT2D eigenvalue weighted by Gasteiger charge is -2.20. The van der Waals surface area contributed by atoms with Crippen LogP contribution < -0.4 is 0 Å². The first kappa shape index (κ1) is 12.1. The molecule has 1 aliphatic carbocycles. The van der Waals surface area contributed by atoms with E-state index in [2.05, 4.69) is 6.26 Å². The first-order valence-corrected chi connectivity index (χ1v) is 7.23. The first-order valence-electron chi connectivity index (χ1n) is 5.83. The van der Waals surface area contributed by atoms with Gasteiger partial charge in [-0.25, -0.2) is 0 Å². The average molecular weight is 214 g/mol. The largest absolute Gasteiger partial charge is 0.300 e. The topological polar surface area (TPSA) is 17.1 Å². The SMILES string of the molecule is CSCCC(=O)CCC1CCCCC1. The number of hydrogen-bond acceptors (Lipinski definition) is 2. The van der Waals surface area contributed by atoms with Crippen molar-refractivity contribution in [2.45, 2.75) is 51.4 Å². The molecule has 1 aliphatic rings. The summed E-state index contributed by atoms with van der Waals surface area (Å²) in [5.74, 6) is 2.34. The predicted octanol–water partition coefficient (Wildman–Crippen LogP) is 3.67. The van der Waals surface area contributed by atoms with Gasteiger partial charge in [-0.05, 0) is 24.3 Å². The van der Waals surface area contributed by atoms with E-state index >= 15 is 0 Å².